The van der Waals surface area contributed by atoms with Crippen LogP contribution in [0.5, 0.6) is 11.5 Å². The molecule has 0 bridgehead atoms. The van der Waals surface area contributed by atoms with Crippen LogP contribution in [0.25, 0.3) is 0 Å². The van der Waals surface area contributed by atoms with Gasteiger partial charge in [0.25, 0.3) is 0 Å². The van der Waals surface area contributed by atoms with E-state index in [1.54, 1.807) is 21.3 Å². The first-order valence-corrected chi connectivity index (χ1v) is 6.80. The van der Waals surface area contributed by atoms with Gasteiger partial charge in [-0.1, -0.05) is 0 Å². The zero-order valence-electron chi connectivity index (χ0n) is 12.5. The lowest BCUT2D eigenvalue weighted by Crippen LogP contribution is -2.17. The molecular formula is C15H21NO5. The van der Waals surface area contributed by atoms with Crippen LogP contribution in [0.1, 0.15) is 23.6 Å². The second-order valence-electron chi connectivity index (χ2n) is 5.09. The molecule has 2 unspecified atom stereocenters. The fourth-order valence-electron chi connectivity index (χ4n) is 2.72. The van der Waals surface area contributed by atoms with E-state index in [0.29, 0.717) is 31.1 Å². The number of hydrogen-bond donors (Lipinski definition) is 2. The normalized spacial score (nSPS) is 21.3. The van der Waals surface area contributed by atoms with Crippen molar-refractivity contribution in [3.05, 3.63) is 23.3 Å². The van der Waals surface area contributed by atoms with E-state index in [1.165, 1.54) is 0 Å². The van der Waals surface area contributed by atoms with Crippen LogP contribution in [0.4, 0.5) is 0 Å². The van der Waals surface area contributed by atoms with Gasteiger partial charge in [-0.3, -0.25) is 4.79 Å². The van der Waals surface area contributed by atoms with E-state index in [0.717, 1.165) is 11.1 Å². The predicted molar refractivity (Wildman–Crippen MR) is 76.7 cm³/mol. The van der Waals surface area contributed by atoms with Crippen molar-refractivity contribution in [3.8, 4) is 11.5 Å². The molecule has 0 amide bonds. The Kier molecular flexibility index (Phi) is 5.03. The third kappa shape index (κ3) is 3.28. The number of carboxylic acids is 1. The molecule has 6 nitrogen and oxygen atoms in total. The fraction of sp³-hybridized carbons (Fsp3) is 0.533. The smallest absolute Gasteiger partial charge is 0.307 e. The first kappa shape index (κ1) is 15.6. The van der Waals surface area contributed by atoms with Crippen molar-refractivity contribution in [1.82, 2.24) is 5.32 Å². The van der Waals surface area contributed by atoms with Crippen molar-refractivity contribution in [1.29, 1.82) is 0 Å². The van der Waals surface area contributed by atoms with E-state index in [1.807, 2.05) is 12.1 Å². The van der Waals surface area contributed by atoms with Crippen LogP contribution in [-0.4, -0.2) is 38.9 Å². The van der Waals surface area contributed by atoms with Crippen LogP contribution >= 0.6 is 0 Å². The molecule has 21 heavy (non-hydrogen) atoms. The first-order valence-electron chi connectivity index (χ1n) is 6.80. The zero-order valence-corrected chi connectivity index (χ0v) is 12.5. The maximum absolute atomic E-state index is 11.1. The highest BCUT2D eigenvalue weighted by atomic mass is 16.5. The highest BCUT2D eigenvalue weighted by molar-refractivity contribution is 5.71. The molecule has 0 radical (unpaired) electrons. The Labute approximate surface area is 124 Å². The maximum atomic E-state index is 11.1. The summed E-state index contributed by atoms with van der Waals surface area (Å²) in [5, 5.41) is 12.4. The molecule has 6 heteroatoms. The van der Waals surface area contributed by atoms with Gasteiger partial charge in [0.1, 0.15) is 0 Å². The van der Waals surface area contributed by atoms with Crippen molar-refractivity contribution >= 4 is 5.97 Å². The first-order chi connectivity index (χ1) is 10.1. The Morgan fingerprint density at radius 3 is 2.62 bits per heavy atom. The van der Waals surface area contributed by atoms with Crippen molar-refractivity contribution in [2.75, 3.05) is 27.9 Å². The molecule has 0 aliphatic carbocycles. The van der Waals surface area contributed by atoms with Gasteiger partial charge in [0.05, 0.1) is 26.7 Å². The summed E-state index contributed by atoms with van der Waals surface area (Å²) in [6.07, 6.45) is 0.533. The number of carboxylic acid groups (broad SMARTS) is 1. The molecule has 1 fully saturated rings. The summed E-state index contributed by atoms with van der Waals surface area (Å²) >= 11 is 0. The number of carbonyl (C=O) groups is 1. The number of methoxy groups -OCH3 is 3. The van der Waals surface area contributed by atoms with Crippen LogP contribution in [0.3, 0.4) is 0 Å². The van der Waals surface area contributed by atoms with E-state index in [9.17, 15) is 4.79 Å². The molecule has 1 heterocycles. The Bertz CT molecular complexity index is 517. The molecular weight excluding hydrogens is 274 g/mol. The summed E-state index contributed by atoms with van der Waals surface area (Å²) < 4.78 is 16.0. The van der Waals surface area contributed by atoms with E-state index in [-0.39, 0.29) is 12.0 Å². The molecule has 0 aromatic heterocycles. The summed E-state index contributed by atoms with van der Waals surface area (Å²) in [6.45, 7) is 0.919. The molecule has 2 atom stereocenters. The van der Waals surface area contributed by atoms with Gasteiger partial charge < -0.3 is 24.6 Å². The highest BCUT2D eigenvalue weighted by Gasteiger charge is 2.32. The largest absolute Gasteiger partial charge is 0.493 e. The van der Waals surface area contributed by atoms with E-state index in [2.05, 4.69) is 5.32 Å². The SMILES string of the molecule is COCc1cc(OC)c(OC)c(C2CC(C(=O)O)CN2)c1. The Morgan fingerprint density at radius 2 is 2.10 bits per heavy atom. The van der Waals surface area contributed by atoms with Crippen LogP contribution in [0.15, 0.2) is 12.1 Å². The molecule has 2 N–H and O–H groups in total. The summed E-state index contributed by atoms with van der Waals surface area (Å²) in [5.41, 5.74) is 1.87. The van der Waals surface area contributed by atoms with E-state index in [4.69, 9.17) is 19.3 Å². The number of rotatable bonds is 6. The monoisotopic (exact) mass is 295 g/mol. The number of nitrogens with one attached hydrogen (secondary N) is 1. The van der Waals surface area contributed by atoms with Gasteiger partial charge in [0, 0.05) is 25.3 Å². The topological polar surface area (TPSA) is 77.0 Å². The lowest BCUT2D eigenvalue weighted by Gasteiger charge is -2.19. The van der Waals surface area contributed by atoms with E-state index < -0.39 is 5.97 Å². The summed E-state index contributed by atoms with van der Waals surface area (Å²) in [7, 11) is 4.80. The molecule has 1 aromatic rings. The number of benzene rings is 1. The standard InChI is InChI=1S/C15H21NO5/c1-19-8-9-4-11(14(21-3)13(5-9)20-2)12-6-10(7-16-12)15(17)18/h4-5,10,12,16H,6-8H2,1-3H3,(H,17,18). The van der Waals surface area contributed by atoms with Gasteiger partial charge in [0.15, 0.2) is 11.5 Å². The van der Waals surface area contributed by atoms with Crippen LogP contribution in [-0.2, 0) is 16.1 Å². The van der Waals surface area contributed by atoms with Crippen molar-refractivity contribution in [2.24, 2.45) is 5.92 Å². The molecule has 1 aliphatic rings. The number of ether oxygens (including phenoxy) is 3. The summed E-state index contributed by atoms with van der Waals surface area (Å²) in [6, 6.07) is 3.79. The highest BCUT2D eigenvalue weighted by Crippen LogP contribution is 2.40. The van der Waals surface area contributed by atoms with Crippen LogP contribution < -0.4 is 14.8 Å². The minimum absolute atomic E-state index is 0.0632. The maximum Gasteiger partial charge on any atom is 0.307 e. The molecule has 2 rings (SSSR count). The average Bonchev–Trinajstić information content (AvgIpc) is 2.96. The number of hydrogen-bond acceptors (Lipinski definition) is 5. The number of aliphatic carboxylic acids is 1. The lowest BCUT2D eigenvalue weighted by atomic mass is 9.97. The van der Waals surface area contributed by atoms with Gasteiger partial charge in [-0.15, -0.1) is 0 Å². The average molecular weight is 295 g/mol. The molecule has 1 aromatic carbocycles. The Hall–Kier alpha value is -1.79. The second kappa shape index (κ2) is 6.78. The lowest BCUT2D eigenvalue weighted by molar-refractivity contribution is -0.141. The molecule has 1 aliphatic heterocycles. The van der Waals surface area contributed by atoms with Gasteiger partial charge in [-0.05, 0) is 24.1 Å². The van der Waals surface area contributed by atoms with E-state index >= 15 is 0 Å². The second-order valence-corrected chi connectivity index (χ2v) is 5.09. The summed E-state index contributed by atoms with van der Waals surface area (Å²) in [4.78, 5) is 11.1. The van der Waals surface area contributed by atoms with Gasteiger partial charge in [-0.2, -0.15) is 0 Å². The van der Waals surface area contributed by atoms with Crippen molar-refractivity contribution in [3.63, 3.8) is 0 Å². The minimum atomic E-state index is -0.774. The molecule has 0 spiro atoms. The Balaban J connectivity index is 2.36. The van der Waals surface area contributed by atoms with Gasteiger partial charge >= 0.3 is 5.97 Å². The van der Waals surface area contributed by atoms with Gasteiger partial charge in [0.2, 0.25) is 0 Å². The summed E-state index contributed by atoms with van der Waals surface area (Å²) in [5.74, 6) is 0.115. The molecule has 1 saturated heterocycles. The van der Waals surface area contributed by atoms with Gasteiger partial charge in [-0.25, -0.2) is 0 Å². The molecule has 116 valence electrons. The fourth-order valence-corrected chi connectivity index (χ4v) is 2.72. The van der Waals surface area contributed by atoms with Crippen LogP contribution in [0.2, 0.25) is 0 Å². The minimum Gasteiger partial charge on any atom is -0.493 e. The zero-order chi connectivity index (χ0) is 15.4. The third-order valence-corrected chi connectivity index (χ3v) is 3.73. The predicted octanol–water partition coefficient (Wildman–Crippen LogP) is 1.59. The van der Waals surface area contributed by atoms with Crippen LogP contribution in [0, 0.1) is 5.92 Å². The quantitative estimate of drug-likeness (QED) is 0.830. The Morgan fingerprint density at radius 1 is 1.33 bits per heavy atom. The van der Waals surface area contributed by atoms with Crippen molar-refractivity contribution in [2.45, 2.75) is 19.1 Å². The van der Waals surface area contributed by atoms with Crippen molar-refractivity contribution < 1.29 is 24.1 Å². The third-order valence-electron chi connectivity index (χ3n) is 3.73. The molecule has 0 saturated carbocycles.